The van der Waals surface area contributed by atoms with Crippen LogP contribution in [0, 0.1) is 13.8 Å². The lowest BCUT2D eigenvalue weighted by Crippen LogP contribution is -2.44. The molecule has 0 aliphatic carbocycles. The van der Waals surface area contributed by atoms with Gasteiger partial charge in [-0.15, -0.1) is 0 Å². The number of carbonyl (C=O) groups excluding carboxylic acids is 1. The smallest absolute Gasteiger partial charge is 0.262 e. The van der Waals surface area contributed by atoms with Gasteiger partial charge in [-0.05, 0) is 38.1 Å². The molecule has 152 valence electrons. The summed E-state index contributed by atoms with van der Waals surface area (Å²) in [5.74, 6) is -1.25. The van der Waals surface area contributed by atoms with E-state index in [9.17, 15) is 21.6 Å². The second-order valence-electron chi connectivity index (χ2n) is 6.45. The maximum absolute atomic E-state index is 12.9. The second kappa shape index (κ2) is 8.39. The summed E-state index contributed by atoms with van der Waals surface area (Å²) < 4.78 is 51.1. The van der Waals surface area contributed by atoms with Crippen molar-refractivity contribution in [2.75, 3.05) is 0 Å². The van der Waals surface area contributed by atoms with Crippen LogP contribution in [0.2, 0.25) is 0 Å². The van der Waals surface area contributed by atoms with Gasteiger partial charge in [-0.3, -0.25) is 10.0 Å². The lowest BCUT2D eigenvalue weighted by molar-refractivity contribution is -0.128. The normalized spacial score (nSPS) is 14.3. The SMILES string of the molecule is Cc1ccc(S(=O)(=O)C(N)CC(C(=O)NO)S(=O)(=O)c2ccc(C)cc2)cc1. The van der Waals surface area contributed by atoms with Crippen LogP contribution in [0.1, 0.15) is 17.5 Å². The van der Waals surface area contributed by atoms with Crippen LogP contribution in [0.15, 0.2) is 58.3 Å². The van der Waals surface area contributed by atoms with E-state index in [1.807, 2.05) is 0 Å². The lowest BCUT2D eigenvalue weighted by atomic mass is 10.2. The number of carbonyl (C=O) groups is 1. The first kappa shape index (κ1) is 22.0. The summed E-state index contributed by atoms with van der Waals surface area (Å²) in [6.07, 6.45) is -0.723. The van der Waals surface area contributed by atoms with Crippen LogP contribution in [0.5, 0.6) is 0 Å². The van der Waals surface area contributed by atoms with Gasteiger partial charge in [-0.2, -0.15) is 0 Å². The molecule has 2 rings (SSSR count). The Bertz CT molecular complexity index is 1050. The average molecular weight is 427 g/mol. The highest BCUT2D eigenvalue weighted by Gasteiger charge is 2.39. The first-order chi connectivity index (χ1) is 13.0. The third-order valence-corrected chi connectivity index (χ3v) is 8.32. The summed E-state index contributed by atoms with van der Waals surface area (Å²) in [6, 6.07) is 11.6. The zero-order valence-corrected chi connectivity index (χ0v) is 17.0. The van der Waals surface area contributed by atoms with Crippen LogP contribution in [-0.2, 0) is 24.5 Å². The molecule has 28 heavy (non-hydrogen) atoms. The monoisotopic (exact) mass is 426 g/mol. The Labute approximate surface area is 164 Å². The van der Waals surface area contributed by atoms with E-state index in [1.54, 1.807) is 38.1 Å². The van der Waals surface area contributed by atoms with Gasteiger partial charge in [0.2, 0.25) is 0 Å². The van der Waals surface area contributed by atoms with E-state index in [1.165, 1.54) is 29.7 Å². The van der Waals surface area contributed by atoms with Gasteiger partial charge in [0.25, 0.3) is 5.91 Å². The van der Waals surface area contributed by atoms with Crippen molar-refractivity contribution < 1.29 is 26.8 Å². The summed E-state index contributed by atoms with van der Waals surface area (Å²) >= 11 is 0. The number of hydrogen-bond donors (Lipinski definition) is 3. The Kier molecular flexibility index (Phi) is 6.60. The fourth-order valence-corrected chi connectivity index (χ4v) is 5.65. The fourth-order valence-electron chi connectivity index (χ4n) is 2.58. The van der Waals surface area contributed by atoms with E-state index in [2.05, 4.69) is 0 Å². The topological polar surface area (TPSA) is 144 Å². The minimum atomic E-state index is -4.29. The second-order valence-corrected chi connectivity index (χ2v) is 10.8. The first-order valence-electron chi connectivity index (χ1n) is 8.31. The molecular weight excluding hydrogens is 404 g/mol. The van der Waals surface area contributed by atoms with Gasteiger partial charge in [0.05, 0.1) is 9.79 Å². The minimum Gasteiger partial charge on any atom is -0.315 e. The van der Waals surface area contributed by atoms with Crippen LogP contribution in [0.3, 0.4) is 0 Å². The largest absolute Gasteiger partial charge is 0.315 e. The Morgan fingerprint density at radius 3 is 1.68 bits per heavy atom. The van der Waals surface area contributed by atoms with Crippen molar-refractivity contribution in [1.29, 1.82) is 0 Å². The summed E-state index contributed by atoms with van der Waals surface area (Å²) in [5.41, 5.74) is 8.73. The molecule has 8 nitrogen and oxygen atoms in total. The molecule has 10 heteroatoms. The van der Waals surface area contributed by atoms with E-state index < -0.39 is 42.6 Å². The van der Waals surface area contributed by atoms with E-state index >= 15 is 0 Å². The molecule has 1 amide bonds. The van der Waals surface area contributed by atoms with Gasteiger partial charge >= 0.3 is 0 Å². The Hall–Kier alpha value is -2.27. The highest BCUT2D eigenvalue weighted by Crippen LogP contribution is 2.24. The number of aryl methyl sites for hydroxylation is 2. The molecule has 2 unspecified atom stereocenters. The summed E-state index contributed by atoms with van der Waals surface area (Å²) in [5, 5.41) is 5.42. The molecule has 0 spiro atoms. The molecule has 2 aromatic carbocycles. The predicted octanol–water partition coefficient (Wildman–Crippen LogP) is 1.10. The number of sulfone groups is 2. The highest BCUT2D eigenvalue weighted by atomic mass is 32.2. The number of amides is 1. The molecular formula is C18H22N2O6S2. The predicted molar refractivity (Wildman–Crippen MR) is 103 cm³/mol. The Balaban J connectivity index is 2.40. The number of hydroxylamine groups is 1. The maximum atomic E-state index is 12.9. The van der Waals surface area contributed by atoms with Crippen LogP contribution in [0.25, 0.3) is 0 Å². The summed E-state index contributed by atoms with van der Waals surface area (Å²) in [6.45, 7) is 3.55. The molecule has 0 fully saturated rings. The van der Waals surface area contributed by atoms with Gasteiger partial charge in [-0.1, -0.05) is 35.4 Å². The first-order valence-corrected chi connectivity index (χ1v) is 11.4. The number of hydrogen-bond acceptors (Lipinski definition) is 7. The molecule has 0 aromatic heterocycles. The molecule has 4 N–H and O–H groups in total. The lowest BCUT2D eigenvalue weighted by Gasteiger charge is -2.20. The molecule has 0 aliphatic heterocycles. The number of nitrogens with two attached hydrogens (primary N) is 1. The molecule has 2 atom stereocenters. The van der Waals surface area contributed by atoms with Crippen molar-refractivity contribution in [3.05, 3.63) is 59.7 Å². The molecule has 0 bridgehead atoms. The van der Waals surface area contributed by atoms with Crippen molar-refractivity contribution in [2.24, 2.45) is 5.73 Å². The van der Waals surface area contributed by atoms with Gasteiger partial charge < -0.3 is 5.73 Å². The molecule has 2 aromatic rings. The van der Waals surface area contributed by atoms with Gasteiger partial charge in [-0.25, -0.2) is 22.3 Å². The van der Waals surface area contributed by atoms with Gasteiger partial charge in [0.1, 0.15) is 10.6 Å². The van der Waals surface area contributed by atoms with Crippen LogP contribution in [-0.4, -0.2) is 38.6 Å². The van der Waals surface area contributed by atoms with E-state index in [-0.39, 0.29) is 9.79 Å². The molecule has 0 aliphatic rings. The van der Waals surface area contributed by atoms with Crippen LogP contribution in [0.4, 0.5) is 0 Å². The number of benzene rings is 2. The molecule has 0 saturated heterocycles. The van der Waals surface area contributed by atoms with Crippen LogP contribution >= 0.6 is 0 Å². The van der Waals surface area contributed by atoms with E-state index in [0.29, 0.717) is 0 Å². The van der Waals surface area contributed by atoms with Crippen molar-refractivity contribution in [3.8, 4) is 0 Å². The van der Waals surface area contributed by atoms with Crippen molar-refractivity contribution in [1.82, 2.24) is 5.48 Å². The highest BCUT2D eigenvalue weighted by molar-refractivity contribution is 7.93. The average Bonchev–Trinajstić information content (AvgIpc) is 2.65. The van der Waals surface area contributed by atoms with Gasteiger partial charge in [0, 0.05) is 6.42 Å². The Morgan fingerprint density at radius 2 is 1.29 bits per heavy atom. The fraction of sp³-hybridized carbons (Fsp3) is 0.278. The summed E-state index contributed by atoms with van der Waals surface area (Å²) in [4.78, 5) is 11.8. The van der Waals surface area contributed by atoms with Crippen LogP contribution < -0.4 is 11.2 Å². The third-order valence-electron chi connectivity index (χ3n) is 4.32. The molecule has 0 saturated carbocycles. The zero-order valence-electron chi connectivity index (χ0n) is 15.4. The number of nitrogens with one attached hydrogen (secondary N) is 1. The molecule has 0 radical (unpaired) electrons. The third kappa shape index (κ3) is 4.58. The number of rotatable bonds is 7. The van der Waals surface area contributed by atoms with Crippen molar-refractivity contribution in [3.63, 3.8) is 0 Å². The van der Waals surface area contributed by atoms with Gasteiger partial charge in [0.15, 0.2) is 19.7 Å². The summed E-state index contributed by atoms with van der Waals surface area (Å²) in [7, 11) is -8.38. The van der Waals surface area contributed by atoms with E-state index in [4.69, 9.17) is 10.9 Å². The Morgan fingerprint density at radius 1 is 0.893 bits per heavy atom. The molecule has 0 heterocycles. The minimum absolute atomic E-state index is 0.0820. The maximum Gasteiger partial charge on any atom is 0.262 e. The van der Waals surface area contributed by atoms with E-state index in [0.717, 1.165) is 11.1 Å². The quantitative estimate of drug-likeness (QED) is 0.444. The van der Waals surface area contributed by atoms with Crippen molar-refractivity contribution >= 4 is 25.6 Å². The van der Waals surface area contributed by atoms with Crippen molar-refractivity contribution in [2.45, 2.75) is 40.7 Å². The zero-order chi connectivity index (χ0) is 21.1. The standard InChI is InChI=1S/C18H22N2O6S2/c1-12-3-7-14(8-4-12)27(23,24)16(18(21)20-22)11-17(19)28(25,26)15-9-5-13(2)6-10-15/h3-10,16-17,22H,11,19H2,1-2H3,(H,20,21).